The molecule has 0 unspecified atom stereocenters. The Balaban J connectivity index is 2.05. The second kappa shape index (κ2) is 7.15. The molecule has 0 N–H and O–H groups in total. The first-order valence-corrected chi connectivity index (χ1v) is 8.17. The van der Waals surface area contributed by atoms with Gasteiger partial charge >= 0.3 is 0 Å². The van der Waals surface area contributed by atoms with Crippen molar-refractivity contribution in [2.24, 2.45) is 0 Å². The van der Waals surface area contributed by atoms with Crippen LogP contribution in [-0.2, 0) is 6.54 Å². The maximum Gasteiger partial charge on any atom is 0.0486 e. The molecule has 116 valence electrons. The predicted octanol–water partition coefficient (Wildman–Crippen LogP) is 5.93. The Labute approximate surface area is 138 Å². The highest BCUT2D eigenvalue weighted by molar-refractivity contribution is 5.84. The second-order valence-electron chi connectivity index (χ2n) is 5.96. The SMILES string of the molecule is C=CCC(CC=C)c1cn(Cc2ccccc2)c2ccccc12. The number of benzene rings is 2. The van der Waals surface area contributed by atoms with Gasteiger partial charge < -0.3 is 4.57 Å². The Bertz CT molecular complexity index is 785. The van der Waals surface area contributed by atoms with Gasteiger partial charge in [0.1, 0.15) is 0 Å². The fourth-order valence-corrected chi connectivity index (χ4v) is 3.26. The smallest absolute Gasteiger partial charge is 0.0486 e. The van der Waals surface area contributed by atoms with Crippen molar-refractivity contribution in [3.63, 3.8) is 0 Å². The van der Waals surface area contributed by atoms with Crippen molar-refractivity contribution in [2.75, 3.05) is 0 Å². The van der Waals surface area contributed by atoms with Crippen LogP contribution in [0.3, 0.4) is 0 Å². The minimum atomic E-state index is 0.451. The van der Waals surface area contributed by atoms with Crippen molar-refractivity contribution < 1.29 is 0 Å². The first-order valence-electron chi connectivity index (χ1n) is 8.17. The molecule has 23 heavy (non-hydrogen) atoms. The third-order valence-corrected chi connectivity index (χ3v) is 4.36. The highest BCUT2D eigenvalue weighted by Gasteiger charge is 2.16. The highest BCUT2D eigenvalue weighted by Crippen LogP contribution is 2.32. The number of fused-ring (bicyclic) bond motifs is 1. The number of hydrogen-bond donors (Lipinski definition) is 0. The molecule has 0 aliphatic rings. The van der Waals surface area contributed by atoms with Crippen molar-refractivity contribution in [1.29, 1.82) is 0 Å². The van der Waals surface area contributed by atoms with E-state index in [0.29, 0.717) is 5.92 Å². The summed E-state index contributed by atoms with van der Waals surface area (Å²) in [4.78, 5) is 0. The molecule has 0 amide bonds. The topological polar surface area (TPSA) is 4.93 Å². The number of para-hydroxylation sites is 1. The molecular formula is C22H23N. The number of nitrogens with zero attached hydrogens (tertiary/aromatic N) is 1. The average Bonchev–Trinajstić information content (AvgIpc) is 2.94. The Morgan fingerprint density at radius 2 is 1.52 bits per heavy atom. The maximum atomic E-state index is 3.92. The van der Waals surface area contributed by atoms with E-state index in [1.165, 1.54) is 22.0 Å². The van der Waals surface area contributed by atoms with E-state index in [1.54, 1.807) is 0 Å². The van der Waals surface area contributed by atoms with E-state index in [2.05, 4.69) is 78.5 Å². The number of rotatable bonds is 7. The van der Waals surface area contributed by atoms with Gasteiger partial charge in [0.05, 0.1) is 0 Å². The lowest BCUT2D eigenvalue weighted by Crippen LogP contribution is -1.98. The van der Waals surface area contributed by atoms with Crippen LogP contribution in [0.15, 0.2) is 86.1 Å². The molecule has 0 bridgehead atoms. The molecule has 0 fully saturated rings. The lowest BCUT2D eigenvalue weighted by atomic mass is 9.92. The van der Waals surface area contributed by atoms with Gasteiger partial charge in [-0.15, -0.1) is 13.2 Å². The standard InChI is InChI=1S/C22H23N/c1-3-10-19(11-4-2)21-17-23(16-18-12-6-5-7-13-18)22-15-9-8-14-20(21)22/h3-9,12-15,17,19H,1-2,10-11,16H2. The Morgan fingerprint density at radius 1 is 0.870 bits per heavy atom. The lowest BCUT2D eigenvalue weighted by molar-refractivity contribution is 0.711. The molecule has 3 rings (SSSR count). The van der Waals surface area contributed by atoms with Gasteiger partial charge in [0.2, 0.25) is 0 Å². The van der Waals surface area contributed by atoms with Gasteiger partial charge in [0, 0.05) is 23.6 Å². The van der Waals surface area contributed by atoms with E-state index in [9.17, 15) is 0 Å². The number of allylic oxidation sites excluding steroid dienone is 2. The molecule has 1 heteroatoms. The zero-order valence-corrected chi connectivity index (χ0v) is 13.5. The summed E-state index contributed by atoms with van der Waals surface area (Å²) in [5.74, 6) is 0.451. The maximum absolute atomic E-state index is 3.92. The molecule has 2 aromatic carbocycles. The quantitative estimate of drug-likeness (QED) is 0.477. The minimum absolute atomic E-state index is 0.451. The van der Waals surface area contributed by atoms with E-state index < -0.39 is 0 Å². The fraction of sp³-hybridized carbons (Fsp3) is 0.182. The van der Waals surface area contributed by atoms with Crippen LogP contribution in [0.5, 0.6) is 0 Å². The van der Waals surface area contributed by atoms with E-state index >= 15 is 0 Å². The van der Waals surface area contributed by atoms with Gasteiger partial charge in [-0.1, -0.05) is 60.7 Å². The third-order valence-electron chi connectivity index (χ3n) is 4.36. The van der Waals surface area contributed by atoms with Gasteiger partial charge in [0.15, 0.2) is 0 Å². The molecule has 0 aliphatic carbocycles. The van der Waals surface area contributed by atoms with Crippen LogP contribution < -0.4 is 0 Å². The summed E-state index contributed by atoms with van der Waals surface area (Å²) in [6, 6.07) is 19.3. The van der Waals surface area contributed by atoms with Crippen molar-refractivity contribution in [2.45, 2.75) is 25.3 Å². The monoisotopic (exact) mass is 301 g/mol. The summed E-state index contributed by atoms with van der Waals surface area (Å²) in [6.07, 6.45) is 8.29. The highest BCUT2D eigenvalue weighted by atomic mass is 15.0. The Morgan fingerprint density at radius 3 is 2.22 bits per heavy atom. The van der Waals surface area contributed by atoms with Crippen LogP contribution >= 0.6 is 0 Å². The molecule has 3 aromatic rings. The summed E-state index contributed by atoms with van der Waals surface area (Å²) >= 11 is 0. The molecule has 1 nitrogen and oxygen atoms in total. The molecule has 0 spiro atoms. The van der Waals surface area contributed by atoms with Crippen LogP contribution in [0.4, 0.5) is 0 Å². The van der Waals surface area contributed by atoms with Crippen molar-refractivity contribution in [3.05, 3.63) is 97.2 Å². The number of aromatic nitrogens is 1. The van der Waals surface area contributed by atoms with Crippen molar-refractivity contribution in [1.82, 2.24) is 4.57 Å². The van der Waals surface area contributed by atoms with Gasteiger partial charge in [-0.3, -0.25) is 0 Å². The zero-order valence-electron chi connectivity index (χ0n) is 13.5. The summed E-state index contributed by atoms with van der Waals surface area (Å²) in [7, 11) is 0. The largest absolute Gasteiger partial charge is 0.343 e. The normalized spacial score (nSPS) is 11.0. The van der Waals surface area contributed by atoms with E-state index in [0.717, 1.165) is 19.4 Å². The average molecular weight is 301 g/mol. The molecule has 0 atom stereocenters. The van der Waals surface area contributed by atoms with Crippen LogP contribution in [0.1, 0.15) is 29.9 Å². The molecule has 0 saturated heterocycles. The first-order chi connectivity index (χ1) is 11.3. The van der Waals surface area contributed by atoms with Gasteiger partial charge in [-0.05, 0) is 36.0 Å². The van der Waals surface area contributed by atoms with Gasteiger partial charge in [-0.2, -0.15) is 0 Å². The number of hydrogen-bond acceptors (Lipinski definition) is 0. The van der Waals surface area contributed by atoms with Crippen molar-refractivity contribution in [3.8, 4) is 0 Å². The van der Waals surface area contributed by atoms with Crippen LogP contribution in [0.2, 0.25) is 0 Å². The van der Waals surface area contributed by atoms with Crippen LogP contribution in [0.25, 0.3) is 10.9 Å². The molecule has 0 radical (unpaired) electrons. The molecule has 1 heterocycles. The summed E-state index contributed by atoms with van der Waals surface area (Å²) < 4.78 is 2.36. The van der Waals surface area contributed by atoms with Crippen molar-refractivity contribution >= 4 is 10.9 Å². The predicted molar refractivity (Wildman–Crippen MR) is 99.9 cm³/mol. The summed E-state index contributed by atoms with van der Waals surface area (Å²) in [5.41, 5.74) is 4.02. The fourth-order valence-electron chi connectivity index (χ4n) is 3.26. The Hall–Kier alpha value is -2.54. The minimum Gasteiger partial charge on any atom is -0.343 e. The molecular weight excluding hydrogens is 278 g/mol. The molecule has 0 saturated carbocycles. The molecule has 1 aromatic heterocycles. The Kier molecular flexibility index (Phi) is 4.77. The van der Waals surface area contributed by atoms with Gasteiger partial charge in [0.25, 0.3) is 0 Å². The van der Waals surface area contributed by atoms with E-state index in [1.807, 2.05) is 12.2 Å². The molecule has 0 aliphatic heterocycles. The van der Waals surface area contributed by atoms with E-state index in [-0.39, 0.29) is 0 Å². The first kappa shape index (κ1) is 15.4. The summed E-state index contributed by atoms with van der Waals surface area (Å²) in [5, 5.41) is 1.34. The lowest BCUT2D eigenvalue weighted by Gasteiger charge is -2.11. The zero-order chi connectivity index (χ0) is 16.1. The third kappa shape index (κ3) is 3.29. The van der Waals surface area contributed by atoms with Gasteiger partial charge in [-0.25, -0.2) is 0 Å². The second-order valence-corrected chi connectivity index (χ2v) is 5.96. The van der Waals surface area contributed by atoms with Crippen LogP contribution in [0, 0.1) is 0 Å². The van der Waals surface area contributed by atoms with E-state index in [4.69, 9.17) is 0 Å². The van der Waals surface area contributed by atoms with Crippen LogP contribution in [-0.4, -0.2) is 4.57 Å². The summed E-state index contributed by atoms with van der Waals surface area (Å²) in [6.45, 7) is 8.74.